The number of carbonyl (C=O) groups excluding carboxylic acids is 2. The Hall–Kier alpha value is -4.24. The van der Waals surface area contributed by atoms with Crippen LogP contribution < -0.4 is 15.4 Å². The average Bonchev–Trinajstić information content (AvgIpc) is 2.75. The lowest BCUT2D eigenvalue weighted by Gasteiger charge is -2.14. The molecule has 2 rings (SSSR count). The molecule has 0 bridgehead atoms. The molecule has 0 aliphatic carbocycles. The van der Waals surface area contributed by atoms with Gasteiger partial charge < -0.3 is 25.6 Å². The van der Waals surface area contributed by atoms with E-state index in [4.69, 9.17) is 15.4 Å². The number of benzene rings is 2. The molecule has 11 heteroatoms. The van der Waals surface area contributed by atoms with Crippen LogP contribution in [0.25, 0.3) is 10.4 Å². The molecule has 162 valence electrons. The van der Waals surface area contributed by atoms with Gasteiger partial charge in [-0.2, -0.15) is 0 Å². The highest BCUT2D eigenvalue weighted by Gasteiger charge is 2.16. The number of phenols is 1. The van der Waals surface area contributed by atoms with Crippen LogP contribution in [0.1, 0.15) is 22.3 Å². The molecule has 0 spiro atoms. The zero-order valence-electron chi connectivity index (χ0n) is 16.4. The van der Waals surface area contributed by atoms with Gasteiger partial charge in [0.1, 0.15) is 0 Å². The molecule has 11 nitrogen and oxygen atoms in total. The summed E-state index contributed by atoms with van der Waals surface area (Å²) in [6.07, 6.45) is -0.377. The minimum Gasteiger partial charge on any atom is -0.504 e. The van der Waals surface area contributed by atoms with Crippen molar-refractivity contribution in [2.45, 2.75) is 19.0 Å². The van der Waals surface area contributed by atoms with Crippen molar-refractivity contribution in [2.75, 3.05) is 13.2 Å². The van der Waals surface area contributed by atoms with Crippen LogP contribution in [0.5, 0.6) is 11.5 Å². The van der Waals surface area contributed by atoms with Crippen LogP contribution >= 0.6 is 0 Å². The van der Waals surface area contributed by atoms with Gasteiger partial charge in [-0.3, -0.25) is 14.4 Å². The molecule has 0 aliphatic heterocycles. The molecule has 0 saturated heterocycles. The molecule has 2 aromatic carbocycles. The number of nitrogens with one attached hydrogen (secondary N) is 2. The lowest BCUT2D eigenvalue weighted by Crippen LogP contribution is -2.38. The molecule has 31 heavy (non-hydrogen) atoms. The summed E-state index contributed by atoms with van der Waals surface area (Å²) in [6.45, 7) is -0.251. The Bertz CT molecular complexity index is 968. The zero-order valence-corrected chi connectivity index (χ0v) is 16.4. The number of ether oxygens (including phenoxy) is 1. The molecular weight excluding hydrogens is 406 g/mol. The predicted molar refractivity (Wildman–Crippen MR) is 109 cm³/mol. The normalized spacial score (nSPS) is 11.0. The van der Waals surface area contributed by atoms with E-state index in [2.05, 4.69) is 20.7 Å². The minimum absolute atomic E-state index is 0.0609. The number of carboxylic acid groups (broad SMARTS) is 1. The van der Waals surface area contributed by atoms with E-state index >= 15 is 0 Å². The SMILES string of the molecule is [N-]=[N+]=NC[C@H](CC(=O)O)NC(=O)c1ccc(CNC(=O)COc2ccccc2O)cc1. The van der Waals surface area contributed by atoms with Crippen molar-refractivity contribution in [1.29, 1.82) is 0 Å². The molecule has 0 aromatic heterocycles. The first-order chi connectivity index (χ1) is 14.9. The van der Waals surface area contributed by atoms with Gasteiger partial charge in [0.05, 0.1) is 6.42 Å². The molecule has 0 fully saturated rings. The monoisotopic (exact) mass is 427 g/mol. The van der Waals surface area contributed by atoms with Crippen LogP contribution in [0.3, 0.4) is 0 Å². The van der Waals surface area contributed by atoms with E-state index in [1.165, 1.54) is 18.2 Å². The Labute approximate surface area is 177 Å². The minimum atomic E-state index is -1.13. The van der Waals surface area contributed by atoms with Gasteiger partial charge in [0, 0.05) is 29.6 Å². The zero-order chi connectivity index (χ0) is 22.6. The molecule has 1 atom stereocenters. The first-order valence-electron chi connectivity index (χ1n) is 9.19. The number of phenolic OH excluding ortho intramolecular Hbond substituents is 1. The summed E-state index contributed by atoms with van der Waals surface area (Å²) in [7, 11) is 0. The Morgan fingerprint density at radius 3 is 2.48 bits per heavy atom. The summed E-state index contributed by atoms with van der Waals surface area (Å²) in [5.74, 6) is -1.88. The Kier molecular flexibility index (Phi) is 8.69. The molecule has 0 radical (unpaired) electrons. The average molecular weight is 427 g/mol. The van der Waals surface area contributed by atoms with Crippen molar-refractivity contribution < 1.29 is 29.3 Å². The number of nitrogens with zero attached hydrogens (tertiary/aromatic N) is 3. The number of rotatable bonds is 11. The molecule has 4 N–H and O–H groups in total. The molecule has 0 unspecified atom stereocenters. The summed E-state index contributed by atoms with van der Waals surface area (Å²) < 4.78 is 5.24. The fourth-order valence-electron chi connectivity index (χ4n) is 2.52. The lowest BCUT2D eigenvalue weighted by atomic mass is 10.1. The van der Waals surface area contributed by atoms with E-state index in [1.807, 2.05) is 0 Å². The van der Waals surface area contributed by atoms with E-state index in [9.17, 15) is 19.5 Å². The maximum atomic E-state index is 12.3. The number of hydrogen-bond donors (Lipinski definition) is 4. The standard InChI is InChI=1S/C20H21N5O6/c21-25-23-11-15(9-19(28)29)24-20(30)14-7-5-13(6-8-14)10-22-18(27)12-31-17-4-2-1-3-16(17)26/h1-8,15,26H,9-12H2,(H,22,27)(H,24,30)(H,28,29)/t15-/m0/s1. The summed E-state index contributed by atoms with van der Waals surface area (Å²) >= 11 is 0. The fraction of sp³-hybridized carbons (Fsp3) is 0.250. The van der Waals surface area contributed by atoms with E-state index in [1.54, 1.807) is 30.3 Å². The summed E-state index contributed by atoms with van der Waals surface area (Å²) in [5.41, 5.74) is 9.39. The van der Waals surface area contributed by atoms with Gasteiger partial charge in [0.2, 0.25) is 0 Å². The number of aliphatic carboxylic acids is 1. The molecule has 2 amide bonds. The third kappa shape index (κ3) is 7.95. The smallest absolute Gasteiger partial charge is 0.305 e. The van der Waals surface area contributed by atoms with Gasteiger partial charge in [-0.05, 0) is 35.4 Å². The van der Waals surface area contributed by atoms with Crippen LogP contribution in [-0.4, -0.2) is 47.2 Å². The van der Waals surface area contributed by atoms with Crippen LogP contribution in [-0.2, 0) is 16.1 Å². The number of hydrogen-bond acceptors (Lipinski definition) is 6. The van der Waals surface area contributed by atoms with Gasteiger partial charge in [-0.1, -0.05) is 29.4 Å². The number of amides is 2. The van der Waals surface area contributed by atoms with Crippen molar-refractivity contribution in [3.05, 3.63) is 70.1 Å². The number of carbonyl (C=O) groups is 3. The Morgan fingerprint density at radius 2 is 1.84 bits per heavy atom. The van der Waals surface area contributed by atoms with Crippen molar-refractivity contribution in [3.8, 4) is 11.5 Å². The van der Waals surface area contributed by atoms with E-state index in [0.717, 1.165) is 5.56 Å². The first kappa shape index (κ1) is 23.0. The number of azide groups is 1. The van der Waals surface area contributed by atoms with Gasteiger partial charge in [-0.15, -0.1) is 0 Å². The Balaban J connectivity index is 1.84. The summed E-state index contributed by atoms with van der Waals surface area (Å²) in [5, 5.41) is 27.0. The van der Waals surface area contributed by atoms with Crippen LogP contribution in [0.2, 0.25) is 0 Å². The highest BCUT2D eigenvalue weighted by Crippen LogP contribution is 2.23. The van der Waals surface area contributed by atoms with Crippen LogP contribution in [0, 0.1) is 0 Å². The number of aromatic hydroxyl groups is 1. The van der Waals surface area contributed by atoms with E-state index < -0.39 is 17.9 Å². The maximum Gasteiger partial charge on any atom is 0.305 e. The highest BCUT2D eigenvalue weighted by molar-refractivity contribution is 5.94. The molecule has 0 saturated carbocycles. The molecular formula is C20H21N5O6. The molecule has 0 heterocycles. The largest absolute Gasteiger partial charge is 0.504 e. The second kappa shape index (κ2) is 11.7. The highest BCUT2D eigenvalue weighted by atomic mass is 16.5. The van der Waals surface area contributed by atoms with Crippen molar-refractivity contribution in [3.63, 3.8) is 0 Å². The first-order valence-corrected chi connectivity index (χ1v) is 9.19. The quantitative estimate of drug-likeness (QED) is 0.242. The van der Waals surface area contributed by atoms with Crippen LogP contribution in [0.15, 0.2) is 53.6 Å². The molecule has 2 aromatic rings. The second-order valence-corrected chi connectivity index (χ2v) is 6.41. The third-order valence-corrected chi connectivity index (χ3v) is 4.05. The van der Waals surface area contributed by atoms with Crippen molar-refractivity contribution in [2.24, 2.45) is 5.11 Å². The topological polar surface area (TPSA) is 174 Å². The van der Waals surface area contributed by atoms with Crippen molar-refractivity contribution >= 4 is 17.8 Å². The van der Waals surface area contributed by atoms with Gasteiger partial charge in [-0.25, -0.2) is 0 Å². The predicted octanol–water partition coefficient (Wildman–Crippen LogP) is 1.97. The van der Waals surface area contributed by atoms with Gasteiger partial charge in [0.15, 0.2) is 18.1 Å². The number of para-hydroxylation sites is 2. The Morgan fingerprint density at radius 1 is 1.13 bits per heavy atom. The van der Waals surface area contributed by atoms with Crippen molar-refractivity contribution in [1.82, 2.24) is 10.6 Å². The summed E-state index contributed by atoms with van der Waals surface area (Å²) in [6, 6.07) is 11.8. The van der Waals surface area contributed by atoms with Crippen LogP contribution in [0.4, 0.5) is 0 Å². The third-order valence-electron chi connectivity index (χ3n) is 4.05. The fourth-order valence-corrected chi connectivity index (χ4v) is 2.52. The summed E-state index contributed by atoms with van der Waals surface area (Å²) in [4.78, 5) is 37.6. The van der Waals surface area contributed by atoms with Gasteiger partial charge in [0.25, 0.3) is 11.8 Å². The molecule has 0 aliphatic rings. The lowest BCUT2D eigenvalue weighted by molar-refractivity contribution is -0.137. The van der Waals surface area contributed by atoms with E-state index in [0.29, 0.717) is 0 Å². The van der Waals surface area contributed by atoms with E-state index in [-0.39, 0.29) is 49.1 Å². The number of carboxylic acids is 1. The maximum absolute atomic E-state index is 12.3. The van der Waals surface area contributed by atoms with Gasteiger partial charge >= 0.3 is 5.97 Å². The second-order valence-electron chi connectivity index (χ2n) is 6.41.